The van der Waals surface area contributed by atoms with Gasteiger partial charge in [-0.2, -0.15) is 26.3 Å². The predicted molar refractivity (Wildman–Crippen MR) is 90.8 cm³/mol. The number of hydrogen-bond acceptors (Lipinski definition) is 3. The summed E-state index contributed by atoms with van der Waals surface area (Å²) in [6.45, 7) is 1.90. The van der Waals surface area contributed by atoms with E-state index >= 15 is 0 Å². The van der Waals surface area contributed by atoms with Crippen LogP contribution in [0.25, 0.3) is 0 Å². The molecule has 1 aromatic rings. The van der Waals surface area contributed by atoms with Crippen molar-refractivity contribution in [1.29, 1.82) is 0 Å². The van der Waals surface area contributed by atoms with Gasteiger partial charge < -0.3 is 4.74 Å². The molecule has 0 N–H and O–H groups in total. The van der Waals surface area contributed by atoms with Crippen molar-refractivity contribution in [3.05, 3.63) is 22.7 Å². The molecule has 1 nitrogen and oxygen atoms in total. The van der Waals surface area contributed by atoms with Crippen LogP contribution >= 0.6 is 35.1 Å². The van der Waals surface area contributed by atoms with Crippen LogP contribution in [0.1, 0.15) is 24.8 Å². The Bertz CT molecular complexity index is 548. The molecule has 0 fully saturated rings. The highest BCUT2D eigenvalue weighted by Crippen LogP contribution is 2.36. The third-order valence-electron chi connectivity index (χ3n) is 2.93. The van der Waals surface area contributed by atoms with E-state index in [-0.39, 0.29) is 29.9 Å². The predicted octanol–water partition coefficient (Wildman–Crippen LogP) is 7.10. The van der Waals surface area contributed by atoms with Crippen molar-refractivity contribution in [2.45, 2.75) is 42.8 Å². The molecule has 0 atom stereocenters. The Morgan fingerprint density at radius 1 is 1.04 bits per heavy atom. The molecule has 0 bridgehead atoms. The lowest BCUT2D eigenvalue weighted by atomic mass is 10.2. The quantitative estimate of drug-likeness (QED) is 0.236. The number of benzene rings is 1. The first kappa shape index (κ1) is 22.6. The van der Waals surface area contributed by atoms with E-state index in [0.717, 1.165) is 0 Å². The van der Waals surface area contributed by atoms with Crippen molar-refractivity contribution < 1.29 is 31.1 Å². The lowest BCUT2D eigenvalue weighted by Gasteiger charge is -2.13. The van der Waals surface area contributed by atoms with E-state index in [2.05, 4.69) is 0 Å². The van der Waals surface area contributed by atoms with Crippen molar-refractivity contribution in [2.75, 3.05) is 18.1 Å². The first-order valence-corrected chi connectivity index (χ1v) is 9.66. The van der Waals surface area contributed by atoms with Gasteiger partial charge in [0, 0.05) is 10.6 Å². The number of hydrogen-bond donors (Lipinski definition) is 0. The number of alkyl halides is 6. The summed E-state index contributed by atoms with van der Waals surface area (Å²) in [5.74, 6) is -0.736. The van der Waals surface area contributed by atoms with Crippen molar-refractivity contribution >= 4 is 35.1 Å². The standard InChI is InChI=1S/C15H17ClF6OS2/c1-10-7-11(16)12(8-13(10)24-9-14(17,18)19)23-5-3-2-4-6-25-15(20,21)22/h7-8H,2-6,9H2,1H3. The Morgan fingerprint density at radius 2 is 1.72 bits per heavy atom. The molecule has 0 saturated heterocycles. The Labute approximate surface area is 155 Å². The van der Waals surface area contributed by atoms with Gasteiger partial charge in [-0.3, -0.25) is 0 Å². The van der Waals surface area contributed by atoms with Crippen LogP contribution in [0.15, 0.2) is 17.0 Å². The number of ether oxygens (including phenoxy) is 1. The average molecular weight is 427 g/mol. The summed E-state index contributed by atoms with van der Waals surface area (Å²) in [4.78, 5) is 0.429. The number of halogens is 7. The van der Waals surface area contributed by atoms with Gasteiger partial charge in [0.25, 0.3) is 0 Å². The molecule has 0 spiro atoms. The molecule has 0 aliphatic carbocycles. The molecular weight excluding hydrogens is 410 g/mol. The van der Waals surface area contributed by atoms with Crippen LogP contribution < -0.4 is 4.74 Å². The van der Waals surface area contributed by atoms with Gasteiger partial charge in [-0.05, 0) is 43.9 Å². The Morgan fingerprint density at radius 3 is 2.32 bits per heavy atom. The highest BCUT2D eigenvalue weighted by Gasteiger charge is 2.28. The number of unbranched alkanes of at least 4 members (excludes halogenated alkanes) is 2. The lowest BCUT2D eigenvalue weighted by Crippen LogP contribution is -2.10. The Balaban J connectivity index is 2.42. The van der Waals surface area contributed by atoms with E-state index in [4.69, 9.17) is 16.3 Å². The third kappa shape index (κ3) is 10.4. The zero-order chi connectivity index (χ0) is 19.1. The second-order valence-electron chi connectivity index (χ2n) is 5.16. The molecule has 0 heterocycles. The minimum atomic E-state index is -4.27. The zero-order valence-electron chi connectivity index (χ0n) is 13.3. The fraction of sp³-hybridized carbons (Fsp3) is 0.600. The van der Waals surface area contributed by atoms with Gasteiger partial charge in [-0.15, -0.1) is 11.8 Å². The van der Waals surface area contributed by atoms with Crippen LogP contribution in [0.5, 0.6) is 5.75 Å². The van der Waals surface area contributed by atoms with Crippen molar-refractivity contribution in [3.63, 3.8) is 0 Å². The van der Waals surface area contributed by atoms with E-state index in [1.54, 1.807) is 6.92 Å². The summed E-state index contributed by atoms with van der Waals surface area (Å²) >= 11 is 6.62. The maximum Gasteiger partial charge on any atom is 0.441 e. The fourth-order valence-corrected chi connectivity index (χ4v) is 3.46. The molecule has 1 aromatic carbocycles. The van der Waals surface area contributed by atoms with E-state index < -0.39 is 17.4 Å². The molecule has 25 heavy (non-hydrogen) atoms. The molecule has 0 radical (unpaired) electrons. The van der Waals surface area contributed by atoms with E-state index in [9.17, 15) is 26.3 Å². The minimum absolute atomic E-state index is 0.00693. The van der Waals surface area contributed by atoms with Gasteiger partial charge in [0.15, 0.2) is 0 Å². The smallest absolute Gasteiger partial charge is 0.441 e. The average Bonchev–Trinajstić information content (AvgIpc) is 2.45. The third-order valence-corrected chi connectivity index (χ3v) is 5.27. The second kappa shape index (κ2) is 10.1. The molecule has 1 rings (SSSR count). The Kier molecular flexibility index (Phi) is 9.11. The van der Waals surface area contributed by atoms with E-state index in [1.165, 1.54) is 12.1 Å². The first-order chi connectivity index (χ1) is 11.5. The van der Waals surface area contributed by atoms with Crippen molar-refractivity contribution in [2.24, 2.45) is 0 Å². The van der Waals surface area contributed by atoms with Gasteiger partial charge >= 0.3 is 11.7 Å². The van der Waals surface area contributed by atoms with Gasteiger partial charge in [0.1, 0.15) is 5.75 Å². The molecule has 0 aromatic heterocycles. The number of thioether (sulfide) groups is 2. The number of aryl methyl sites for hydroxylation is 1. The molecule has 0 aliphatic rings. The van der Waals surface area contributed by atoms with Gasteiger partial charge in [-0.25, -0.2) is 0 Å². The maximum absolute atomic E-state index is 12.3. The molecule has 10 heteroatoms. The van der Waals surface area contributed by atoms with Crippen LogP contribution in [0.4, 0.5) is 26.3 Å². The minimum Gasteiger partial charge on any atom is -0.492 e. The maximum atomic E-state index is 12.3. The molecule has 0 aliphatic heterocycles. The summed E-state index contributed by atoms with van der Waals surface area (Å²) in [6, 6.07) is 3.00. The van der Waals surface area contributed by atoms with Gasteiger partial charge in [0.05, 0.1) is 17.4 Å². The highest BCUT2D eigenvalue weighted by molar-refractivity contribution is 8.00. The lowest BCUT2D eigenvalue weighted by molar-refractivity contribution is -0.105. The summed E-state index contributed by atoms with van der Waals surface area (Å²) < 4.78 is 78.3. The Hall–Kier alpha value is -0.410. The van der Waals surface area contributed by atoms with Crippen LogP contribution in [-0.2, 0) is 0 Å². The largest absolute Gasteiger partial charge is 0.492 e. The topological polar surface area (TPSA) is 9.23 Å². The van der Waals surface area contributed by atoms with Crippen LogP contribution in [0.3, 0.4) is 0 Å². The zero-order valence-corrected chi connectivity index (χ0v) is 15.7. The normalized spacial score (nSPS) is 12.5. The summed E-state index contributed by atoms with van der Waals surface area (Å²) in [5.41, 5.74) is -3.59. The summed E-state index contributed by atoms with van der Waals surface area (Å²) in [6.07, 6.45) is -2.77. The van der Waals surface area contributed by atoms with Crippen LogP contribution in [0.2, 0.25) is 5.02 Å². The second-order valence-corrected chi connectivity index (χ2v) is 7.74. The highest BCUT2D eigenvalue weighted by atomic mass is 35.5. The summed E-state index contributed by atoms with van der Waals surface area (Å²) in [5, 5.41) is 0.293. The number of rotatable bonds is 9. The van der Waals surface area contributed by atoms with Crippen molar-refractivity contribution in [1.82, 2.24) is 0 Å². The molecule has 0 amide bonds. The van der Waals surface area contributed by atoms with Gasteiger partial charge in [0.2, 0.25) is 0 Å². The monoisotopic (exact) mass is 426 g/mol. The van der Waals surface area contributed by atoms with Crippen LogP contribution in [-0.4, -0.2) is 29.8 Å². The van der Waals surface area contributed by atoms with Gasteiger partial charge in [-0.1, -0.05) is 23.4 Å². The van der Waals surface area contributed by atoms with Crippen LogP contribution in [0, 0.1) is 6.92 Å². The molecule has 144 valence electrons. The first-order valence-electron chi connectivity index (χ1n) is 7.31. The fourth-order valence-electron chi connectivity index (χ4n) is 1.81. The molecule has 0 saturated carbocycles. The molecular formula is C15H17ClF6OS2. The van der Waals surface area contributed by atoms with E-state index in [0.29, 0.717) is 46.5 Å². The van der Waals surface area contributed by atoms with E-state index in [1.807, 2.05) is 0 Å². The molecule has 0 unspecified atom stereocenters. The SMILES string of the molecule is Cc1cc(Cl)c(OCCCCCSC(F)(F)F)cc1SCC(F)(F)F. The summed E-state index contributed by atoms with van der Waals surface area (Å²) in [7, 11) is 0. The van der Waals surface area contributed by atoms with Crippen molar-refractivity contribution in [3.8, 4) is 5.75 Å².